The Morgan fingerprint density at radius 3 is 2.40 bits per heavy atom. The maximum atomic E-state index is 12.2. The lowest BCUT2D eigenvalue weighted by atomic mass is 10.1. The topological polar surface area (TPSA) is 104 Å². The van der Waals surface area contributed by atoms with E-state index in [0.717, 1.165) is 5.82 Å². The summed E-state index contributed by atoms with van der Waals surface area (Å²) in [5, 5.41) is 10.5. The van der Waals surface area contributed by atoms with E-state index >= 15 is 0 Å². The Bertz CT molecular complexity index is 538. The Morgan fingerprint density at radius 2 is 1.88 bits per heavy atom. The number of carbonyl (C=O) groups excluding carboxylic acids is 2. The van der Waals surface area contributed by atoms with E-state index in [2.05, 4.69) is 20.4 Å². The molecule has 8 nitrogen and oxygen atoms in total. The average Bonchev–Trinajstić information content (AvgIpc) is 2.59. The van der Waals surface area contributed by atoms with Gasteiger partial charge in [0, 0.05) is 32.4 Å². The summed E-state index contributed by atoms with van der Waals surface area (Å²) in [7, 11) is 0. The predicted molar refractivity (Wildman–Crippen MR) is 101 cm³/mol. The van der Waals surface area contributed by atoms with Gasteiger partial charge in [-0.2, -0.15) is 5.10 Å². The van der Waals surface area contributed by atoms with Gasteiger partial charge in [-0.05, 0) is 18.1 Å². The number of aromatic nitrogens is 2. The largest absolute Gasteiger partial charge is 0.352 e. The summed E-state index contributed by atoms with van der Waals surface area (Å²) < 4.78 is 0. The summed E-state index contributed by atoms with van der Waals surface area (Å²) in [6, 6.07) is 3.15. The Labute approximate surface area is 160 Å². The van der Waals surface area contributed by atoms with E-state index in [0.29, 0.717) is 26.2 Å². The molecule has 1 fully saturated rings. The Balaban J connectivity index is 0.00000288. The highest BCUT2D eigenvalue weighted by molar-refractivity contribution is 5.87. The van der Waals surface area contributed by atoms with Crippen molar-refractivity contribution < 1.29 is 9.59 Å². The summed E-state index contributed by atoms with van der Waals surface area (Å²) in [5.74, 6) is 0.482. The summed E-state index contributed by atoms with van der Waals surface area (Å²) >= 11 is 0. The van der Waals surface area contributed by atoms with Crippen LogP contribution >= 0.6 is 24.8 Å². The van der Waals surface area contributed by atoms with Crippen LogP contribution in [0.2, 0.25) is 0 Å². The van der Waals surface area contributed by atoms with Crippen molar-refractivity contribution in [2.24, 2.45) is 11.7 Å². The van der Waals surface area contributed by atoms with E-state index in [1.54, 1.807) is 11.1 Å². The fraction of sp³-hybridized carbons (Fsp3) is 0.600. The molecule has 2 heterocycles. The third-order valence-corrected chi connectivity index (χ3v) is 3.95. The highest BCUT2D eigenvalue weighted by Crippen LogP contribution is 2.11. The molecule has 142 valence electrons. The number of nitrogens with one attached hydrogen (secondary N) is 1. The van der Waals surface area contributed by atoms with Gasteiger partial charge in [0.25, 0.3) is 0 Å². The van der Waals surface area contributed by atoms with Gasteiger partial charge < -0.3 is 20.9 Å². The van der Waals surface area contributed by atoms with E-state index in [4.69, 9.17) is 5.73 Å². The van der Waals surface area contributed by atoms with Gasteiger partial charge in [0.05, 0.1) is 12.6 Å². The monoisotopic (exact) mass is 392 g/mol. The molecule has 1 aromatic heterocycles. The molecule has 1 aliphatic rings. The van der Waals surface area contributed by atoms with E-state index < -0.39 is 6.04 Å². The third-order valence-electron chi connectivity index (χ3n) is 3.95. The average molecular weight is 393 g/mol. The van der Waals surface area contributed by atoms with E-state index in [-0.39, 0.29) is 49.1 Å². The van der Waals surface area contributed by atoms with Crippen LogP contribution in [0.15, 0.2) is 18.3 Å². The minimum atomic E-state index is -0.587. The van der Waals surface area contributed by atoms with Crippen molar-refractivity contribution in [3.05, 3.63) is 18.3 Å². The number of rotatable bonds is 5. The molecular weight excluding hydrogens is 367 g/mol. The zero-order valence-electron chi connectivity index (χ0n) is 14.4. The quantitative estimate of drug-likeness (QED) is 0.734. The lowest BCUT2D eigenvalue weighted by Gasteiger charge is -2.35. The molecule has 3 N–H and O–H groups in total. The molecule has 0 radical (unpaired) electrons. The first-order chi connectivity index (χ1) is 11.0. The number of nitrogens with two attached hydrogens (primary N) is 1. The first-order valence-corrected chi connectivity index (χ1v) is 7.82. The van der Waals surface area contributed by atoms with Crippen LogP contribution in [-0.2, 0) is 9.59 Å². The number of piperazine rings is 1. The highest BCUT2D eigenvalue weighted by atomic mass is 35.5. The zero-order valence-corrected chi connectivity index (χ0v) is 16.1. The molecule has 0 aliphatic carbocycles. The van der Waals surface area contributed by atoms with Gasteiger partial charge in [-0.15, -0.1) is 29.9 Å². The number of halogens is 2. The number of anilines is 1. The van der Waals surface area contributed by atoms with Gasteiger partial charge in [-0.3, -0.25) is 9.59 Å². The molecule has 25 heavy (non-hydrogen) atoms. The molecule has 1 saturated heterocycles. The number of nitrogens with zero attached hydrogens (tertiary/aromatic N) is 4. The zero-order chi connectivity index (χ0) is 16.8. The van der Waals surface area contributed by atoms with E-state index in [1.807, 2.05) is 26.0 Å². The lowest BCUT2D eigenvalue weighted by molar-refractivity contribution is -0.133. The van der Waals surface area contributed by atoms with E-state index in [1.165, 1.54) is 0 Å². The van der Waals surface area contributed by atoms with Crippen LogP contribution in [0.1, 0.15) is 13.8 Å². The standard InChI is InChI=1S/C15H24N6O2.2ClH/c1-11(2)14(16)15(23)17-10-13(22)21-8-6-20(7-9-21)12-4-3-5-18-19-12;;/h3-5,11,14H,6-10,16H2,1-2H3,(H,17,23);2*1H/t14-;;/m0../s1. The van der Waals surface area contributed by atoms with Crippen LogP contribution in [-0.4, -0.2) is 65.7 Å². The minimum absolute atomic E-state index is 0. The SMILES string of the molecule is CC(C)[C@H](N)C(=O)NCC(=O)N1CCN(c2cccnn2)CC1.Cl.Cl. The number of amides is 2. The van der Waals surface area contributed by atoms with Crippen molar-refractivity contribution in [1.82, 2.24) is 20.4 Å². The predicted octanol–water partition coefficient (Wildman–Crippen LogP) is 0.0683. The number of hydrogen-bond acceptors (Lipinski definition) is 6. The fourth-order valence-corrected chi connectivity index (χ4v) is 2.34. The summed E-state index contributed by atoms with van der Waals surface area (Å²) in [6.45, 7) is 6.33. The maximum absolute atomic E-state index is 12.2. The van der Waals surface area contributed by atoms with Gasteiger partial charge >= 0.3 is 0 Å². The van der Waals surface area contributed by atoms with Crippen molar-refractivity contribution in [2.45, 2.75) is 19.9 Å². The molecule has 0 spiro atoms. The molecule has 1 aromatic rings. The lowest BCUT2D eigenvalue weighted by Crippen LogP contribution is -2.53. The molecule has 0 saturated carbocycles. The van der Waals surface area contributed by atoms with Gasteiger partial charge in [0.15, 0.2) is 5.82 Å². The van der Waals surface area contributed by atoms with Gasteiger partial charge in [-0.1, -0.05) is 13.8 Å². The molecule has 1 atom stereocenters. The van der Waals surface area contributed by atoms with Crippen LogP contribution < -0.4 is 16.0 Å². The van der Waals surface area contributed by atoms with Crippen molar-refractivity contribution in [2.75, 3.05) is 37.6 Å². The van der Waals surface area contributed by atoms with E-state index in [9.17, 15) is 9.59 Å². The number of hydrogen-bond donors (Lipinski definition) is 2. The first-order valence-electron chi connectivity index (χ1n) is 7.82. The molecule has 1 aliphatic heterocycles. The molecular formula is C15H26Cl2N6O2. The van der Waals surface area contributed by atoms with Gasteiger partial charge in [0.2, 0.25) is 11.8 Å². The van der Waals surface area contributed by atoms with Crippen LogP contribution in [0.25, 0.3) is 0 Å². The Kier molecular flexibility index (Phi) is 10.3. The molecule has 2 amide bonds. The second-order valence-corrected chi connectivity index (χ2v) is 5.94. The molecule has 0 bridgehead atoms. The van der Waals surface area contributed by atoms with Crippen LogP contribution in [0.4, 0.5) is 5.82 Å². The first kappa shape index (κ1) is 23.4. The van der Waals surface area contributed by atoms with Crippen LogP contribution in [0, 0.1) is 5.92 Å². The molecule has 2 rings (SSSR count). The minimum Gasteiger partial charge on any atom is -0.352 e. The molecule has 0 unspecified atom stereocenters. The summed E-state index contributed by atoms with van der Waals surface area (Å²) in [5.41, 5.74) is 5.75. The van der Waals surface area contributed by atoms with Gasteiger partial charge in [0.1, 0.15) is 0 Å². The normalized spacial score (nSPS) is 15.0. The fourth-order valence-electron chi connectivity index (χ4n) is 2.34. The third kappa shape index (κ3) is 6.64. The molecule has 0 aromatic carbocycles. The van der Waals surface area contributed by atoms with Crippen molar-refractivity contribution in [3.8, 4) is 0 Å². The van der Waals surface area contributed by atoms with Crippen LogP contribution in [0.5, 0.6) is 0 Å². The second kappa shape index (κ2) is 11.1. The van der Waals surface area contributed by atoms with Crippen molar-refractivity contribution >= 4 is 42.4 Å². The Morgan fingerprint density at radius 1 is 1.24 bits per heavy atom. The smallest absolute Gasteiger partial charge is 0.242 e. The van der Waals surface area contributed by atoms with Crippen molar-refractivity contribution in [3.63, 3.8) is 0 Å². The van der Waals surface area contributed by atoms with Crippen molar-refractivity contribution in [1.29, 1.82) is 0 Å². The molecule has 10 heteroatoms. The van der Waals surface area contributed by atoms with Gasteiger partial charge in [-0.25, -0.2) is 0 Å². The van der Waals surface area contributed by atoms with Crippen LogP contribution in [0.3, 0.4) is 0 Å². The maximum Gasteiger partial charge on any atom is 0.242 e. The number of carbonyl (C=O) groups is 2. The summed E-state index contributed by atoms with van der Waals surface area (Å²) in [4.78, 5) is 27.8. The summed E-state index contributed by atoms with van der Waals surface area (Å²) in [6.07, 6.45) is 1.63. The highest BCUT2D eigenvalue weighted by Gasteiger charge is 2.23. The second-order valence-electron chi connectivity index (χ2n) is 5.94. The Hall–Kier alpha value is -1.64.